The first kappa shape index (κ1) is 22.5. The molecule has 0 atom stereocenters. The van der Waals surface area contributed by atoms with Crippen LogP contribution in [-0.2, 0) is 26.5 Å². The number of aromatic nitrogens is 1. The van der Waals surface area contributed by atoms with Gasteiger partial charge in [0.2, 0.25) is 0 Å². The highest BCUT2D eigenvalue weighted by Crippen LogP contribution is 2.52. The number of hydrogen-bond acceptors (Lipinski definition) is 6. The largest absolute Gasteiger partial charge is 0.586 e. The standard InChI is InChI=1S/C25H21F2NO5S.H2/c1-15-3-7-18(28-23(15)16-4-8-19(9-5-16)34(2,30)31)14-22(29)24(11-12-24)17-6-10-20-21(13-17)33-25(26,27)32-20;/h3-10,13H,11-12,14H2,1-2H3;1H. The van der Waals surface area contributed by atoms with Crippen molar-refractivity contribution in [3.8, 4) is 22.8 Å². The molecule has 5 rings (SSSR count). The Morgan fingerprint density at radius 1 is 1.03 bits per heavy atom. The number of alkyl halides is 2. The van der Waals surface area contributed by atoms with Gasteiger partial charge in [0.1, 0.15) is 5.78 Å². The predicted molar refractivity (Wildman–Crippen MR) is 122 cm³/mol. The number of ether oxygens (including phenoxy) is 2. The van der Waals surface area contributed by atoms with Crippen LogP contribution in [0.4, 0.5) is 8.78 Å². The molecule has 9 heteroatoms. The molecule has 34 heavy (non-hydrogen) atoms. The summed E-state index contributed by atoms with van der Waals surface area (Å²) in [5.74, 6) is -0.175. The molecule has 0 bridgehead atoms. The van der Waals surface area contributed by atoms with E-state index in [4.69, 9.17) is 0 Å². The molecule has 1 saturated carbocycles. The van der Waals surface area contributed by atoms with E-state index in [9.17, 15) is 22.0 Å². The van der Waals surface area contributed by atoms with Crippen LogP contribution in [0.2, 0.25) is 0 Å². The number of hydrogen-bond donors (Lipinski definition) is 0. The maximum atomic E-state index is 13.4. The lowest BCUT2D eigenvalue weighted by Crippen LogP contribution is -2.26. The zero-order valence-corrected chi connectivity index (χ0v) is 19.3. The van der Waals surface area contributed by atoms with Gasteiger partial charge in [0.15, 0.2) is 21.3 Å². The Labute approximate surface area is 197 Å². The van der Waals surface area contributed by atoms with Gasteiger partial charge in [-0.15, -0.1) is 8.78 Å². The monoisotopic (exact) mass is 487 g/mol. The Bertz CT molecular complexity index is 1420. The van der Waals surface area contributed by atoms with Crippen LogP contribution >= 0.6 is 0 Å². The molecule has 0 saturated heterocycles. The molecule has 2 aromatic carbocycles. The topological polar surface area (TPSA) is 82.6 Å². The van der Waals surface area contributed by atoms with Crippen LogP contribution in [0.3, 0.4) is 0 Å². The van der Waals surface area contributed by atoms with Crippen molar-refractivity contribution in [1.29, 1.82) is 0 Å². The number of fused-ring (bicyclic) bond motifs is 1. The van der Waals surface area contributed by atoms with Gasteiger partial charge in [-0.05, 0) is 61.2 Å². The van der Waals surface area contributed by atoms with Crippen LogP contribution < -0.4 is 9.47 Å². The van der Waals surface area contributed by atoms with Crippen molar-refractivity contribution in [2.75, 3.05) is 6.26 Å². The third kappa shape index (κ3) is 4.04. The highest BCUT2D eigenvalue weighted by molar-refractivity contribution is 7.90. The zero-order valence-electron chi connectivity index (χ0n) is 18.5. The molecule has 178 valence electrons. The zero-order chi connectivity index (χ0) is 24.3. The predicted octanol–water partition coefficient (Wildman–Crippen LogP) is 4.87. The molecule has 2 aliphatic rings. The number of nitrogens with zero attached hydrogens (tertiary/aromatic N) is 1. The highest BCUT2D eigenvalue weighted by Gasteiger charge is 2.52. The number of benzene rings is 2. The Morgan fingerprint density at radius 2 is 1.71 bits per heavy atom. The fourth-order valence-corrected chi connectivity index (χ4v) is 4.88. The number of pyridine rings is 1. The lowest BCUT2D eigenvalue weighted by molar-refractivity contribution is -0.286. The Hall–Kier alpha value is -3.33. The van der Waals surface area contributed by atoms with Crippen molar-refractivity contribution in [2.24, 2.45) is 0 Å². The first-order valence-corrected chi connectivity index (χ1v) is 12.6. The lowest BCUT2D eigenvalue weighted by atomic mass is 9.88. The van der Waals surface area contributed by atoms with E-state index in [0.717, 1.165) is 17.4 Å². The minimum absolute atomic E-state index is 0. The maximum Gasteiger partial charge on any atom is 0.586 e. The summed E-state index contributed by atoms with van der Waals surface area (Å²) in [7, 11) is -3.31. The summed E-state index contributed by atoms with van der Waals surface area (Å²) < 4.78 is 59.2. The molecule has 0 amide bonds. The molecular formula is C25H23F2NO5S. The van der Waals surface area contributed by atoms with Crippen LogP contribution in [0.1, 0.15) is 31.1 Å². The average molecular weight is 488 g/mol. The number of carbonyl (C=O) groups is 1. The number of ketones is 1. The Morgan fingerprint density at radius 3 is 2.35 bits per heavy atom. The van der Waals surface area contributed by atoms with E-state index in [1.54, 1.807) is 24.3 Å². The normalized spacial score (nSPS) is 17.4. The third-order valence-corrected chi connectivity index (χ3v) is 7.42. The van der Waals surface area contributed by atoms with Crippen LogP contribution in [0.25, 0.3) is 11.3 Å². The quantitative estimate of drug-likeness (QED) is 0.493. The van der Waals surface area contributed by atoms with Crippen LogP contribution in [-0.4, -0.2) is 31.7 Å². The fourth-order valence-electron chi connectivity index (χ4n) is 4.25. The van der Waals surface area contributed by atoms with Crippen LogP contribution in [0.5, 0.6) is 11.5 Å². The van der Waals surface area contributed by atoms with Crippen LogP contribution in [0.15, 0.2) is 59.5 Å². The number of sulfone groups is 1. The van der Waals surface area contributed by atoms with Gasteiger partial charge in [0, 0.05) is 25.4 Å². The molecule has 0 unspecified atom stereocenters. The molecule has 6 nitrogen and oxygen atoms in total. The summed E-state index contributed by atoms with van der Waals surface area (Å²) in [5.41, 5.74) is 2.76. The summed E-state index contributed by atoms with van der Waals surface area (Å²) in [4.78, 5) is 18.2. The third-order valence-electron chi connectivity index (χ3n) is 6.29. The average Bonchev–Trinajstić information content (AvgIpc) is 3.52. The molecule has 0 spiro atoms. The number of halogens is 2. The van der Waals surface area contributed by atoms with E-state index < -0.39 is 21.5 Å². The summed E-state index contributed by atoms with van der Waals surface area (Å²) in [6, 6.07) is 14.6. The molecule has 1 aromatic heterocycles. The molecule has 1 aliphatic carbocycles. The van der Waals surface area contributed by atoms with Gasteiger partial charge in [0.25, 0.3) is 0 Å². The summed E-state index contributed by atoms with van der Waals surface area (Å²) >= 11 is 0. The van der Waals surface area contributed by atoms with Gasteiger partial charge in [-0.25, -0.2) is 8.42 Å². The van der Waals surface area contributed by atoms with Gasteiger partial charge < -0.3 is 9.47 Å². The first-order valence-electron chi connectivity index (χ1n) is 10.7. The van der Waals surface area contributed by atoms with Crippen molar-refractivity contribution in [1.82, 2.24) is 4.98 Å². The van der Waals surface area contributed by atoms with Gasteiger partial charge in [-0.3, -0.25) is 9.78 Å². The Balaban J connectivity index is 0.00000289. The Kier molecular flexibility index (Phi) is 5.02. The van der Waals surface area contributed by atoms with Crippen molar-refractivity contribution < 1.29 is 32.9 Å². The van der Waals surface area contributed by atoms with Gasteiger partial charge in [-0.2, -0.15) is 0 Å². The van der Waals surface area contributed by atoms with E-state index >= 15 is 0 Å². The number of rotatable bonds is 6. The van der Waals surface area contributed by atoms with E-state index in [1.165, 1.54) is 24.3 Å². The van der Waals surface area contributed by atoms with Crippen LogP contribution in [0, 0.1) is 6.92 Å². The van der Waals surface area contributed by atoms with Crippen molar-refractivity contribution in [2.45, 2.75) is 42.8 Å². The molecule has 1 aliphatic heterocycles. The molecule has 0 N–H and O–H groups in total. The van der Waals surface area contributed by atoms with Gasteiger partial charge in [-0.1, -0.05) is 24.3 Å². The molecule has 1 fully saturated rings. The van der Waals surface area contributed by atoms with Crippen molar-refractivity contribution >= 4 is 15.6 Å². The smallest absolute Gasteiger partial charge is 0.395 e. The molecule has 2 heterocycles. The SMILES string of the molecule is Cc1ccc(CC(=O)C2(c3ccc4c(c3)OC(F)(F)O4)CC2)nc1-c1ccc(S(C)(=O)=O)cc1.[HH]. The fraction of sp³-hybridized carbons (Fsp3) is 0.280. The van der Waals surface area contributed by atoms with Crippen molar-refractivity contribution in [3.05, 3.63) is 71.4 Å². The van der Waals surface area contributed by atoms with E-state index in [2.05, 4.69) is 14.5 Å². The number of Topliss-reactive ketones (excluding diaryl/α,β-unsaturated/α-hetero) is 1. The summed E-state index contributed by atoms with van der Waals surface area (Å²) in [5, 5.41) is 0. The second kappa shape index (κ2) is 7.59. The lowest BCUT2D eigenvalue weighted by Gasteiger charge is -2.15. The summed E-state index contributed by atoms with van der Waals surface area (Å²) in [6.45, 7) is 1.89. The molecule has 3 aromatic rings. The van der Waals surface area contributed by atoms with Crippen molar-refractivity contribution in [3.63, 3.8) is 0 Å². The van der Waals surface area contributed by atoms with E-state index in [1.807, 2.05) is 13.0 Å². The van der Waals surface area contributed by atoms with E-state index in [-0.39, 0.29) is 30.0 Å². The van der Waals surface area contributed by atoms with Gasteiger partial charge >= 0.3 is 6.29 Å². The maximum absolute atomic E-state index is 13.4. The first-order chi connectivity index (χ1) is 16.0. The second-order valence-electron chi connectivity index (χ2n) is 8.78. The minimum Gasteiger partial charge on any atom is -0.395 e. The number of carbonyl (C=O) groups excluding carboxylic acids is 1. The van der Waals surface area contributed by atoms with E-state index in [0.29, 0.717) is 29.8 Å². The molecular weight excluding hydrogens is 464 g/mol. The van der Waals surface area contributed by atoms with Gasteiger partial charge in [0.05, 0.1) is 16.0 Å². The molecule has 0 radical (unpaired) electrons. The highest BCUT2D eigenvalue weighted by atomic mass is 32.2. The minimum atomic E-state index is -3.70. The summed E-state index contributed by atoms with van der Waals surface area (Å²) in [6.07, 6.45) is -1.24. The number of aryl methyl sites for hydroxylation is 1. The second-order valence-corrected chi connectivity index (χ2v) is 10.8.